The van der Waals surface area contributed by atoms with Crippen LogP contribution in [0, 0.1) is 5.92 Å². The van der Waals surface area contributed by atoms with Gasteiger partial charge in [-0.3, -0.25) is 0 Å². The van der Waals surface area contributed by atoms with Gasteiger partial charge < -0.3 is 5.11 Å². The summed E-state index contributed by atoms with van der Waals surface area (Å²) >= 11 is 0. The first-order valence-electron chi connectivity index (χ1n) is 4.32. The predicted octanol–water partition coefficient (Wildman–Crippen LogP) is 2.69. The summed E-state index contributed by atoms with van der Waals surface area (Å²) in [5, 5.41) is 9.34. The Kier molecular flexibility index (Phi) is 6.39. The molecule has 12 heavy (non-hydrogen) atoms. The van der Waals surface area contributed by atoms with Crippen LogP contribution in [0.2, 0.25) is 0 Å². The van der Waals surface area contributed by atoms with E-state index in [2.05, 4.69) is 0 Å². The first-order chi connectivity index (χ1) is 5.68. The van der Waals surface area contributed by atoms with E-state index < -0.39 is 0 Å². The largest absolute Gasteiger partial charge is 0.389 e. The highest BCUT2D eigenvalue weighted by Gasteiger charge is 2.01. The van der Waals surface area contributed by atoms with Gasteiger partial charge in [-0.15, -0.1) is 0 Å². The molecule has 0 saturated heterocycles. The third-order valence-corrected chi connectivity index (χ3v) is 1.52. The normalized spacial score (nSPS) is 15.8. The average molecular weight is 166 g/mol. The van der Waals surface area contributed by atoms with Crippen LogP contribution in [-0.4, -0.2) is 11.2 Å². The molecule has 0 rings (SSSR count). The molecule has 1 unspecified atom stereocenters. The van der Waals surface area contributed by atoms with Gasteiger partial charge in [0, 0.05) is 0 Å². The molecule has 0 bridgehead atoms. The third kappa shape index (κ3) is 5.93. The molecule has 1 atom stereocenters. The highest BCUT2D eigenvalue weighted by Crippen LogP contribution is 2.01. The van der Waals surface area contributed by atoms with Gasteiger partial charge >= 0.3 is 0 Å². The Labute approximate surface area is 75.1 Å². The van der Waals surface area contributed by atoms with Gasteiger partial charge in [-0.05, 0) is 12.8 Å². The number of allylic oxidation sites excluding steroid dienone is 5. The Hall–Kier alpha value is -0.820. The third-order valence-electron chi connectivity index (χ3n) is 1.52. The maximum atomic E-state index is 9.34. The molecule has 0 aromatic rings. The number of rotatable bonds is 4. The fraction of sp³-hybridized carbons (Fsp3) is 0.455. The van der Waals surface area contributed by atoms with Gasteiger partial charge in [0.2, 0.25) is 0 Å². The van der Waals surface area contributed by atoms with E-state index in [0.29, 0.717) is 0 Å². The zero-order valence-corrected chi connectivity index (χ0v) is 8.07. The standard InChI is InChI=1S/C11H18O/c1-4-5-6-7-8-9-11(12)10(2)3/h4-12H,1-3H3/b5-4-,7-6-,9-8+. The summed E-state index contributed by atoms with van der Waals surface area (Å²) in [5.74, 6) is 0.288. The average Bonchev–Trinajstić information content (AvgIpc) is 2.03. The predicted molar refractivity (Wildman–Crippen MR) is 53.9 cm³/mol. The molecule has 1 heteroatoms. The topological polar surface area (TPSA) is 20.2 Å². The lowest BCUT2D eigenvalue weighted by Crippen LogP contribution is -2.10. The van der Waals surface area contributed by atoms with Crippen LogP contribution in [0.15, 0.2) is 36.5 Å². The number of aliphatic hydroxyl groups excluding tert-OH is 1. The van der Waals surface area contributed by atoms with Crippen LogP contribution in [0.5, 0.6) is 0 Å². The second-order valence-corrected chi connectivity index (χ2v) is 3.03. The highest BCUT2D eigenvalue weighted by atomic mass is 16.3. The van der Waals surface area contributed by atoms with E-state index in [1.165, 1.54) is 0 Å². The van der Waals surface area contributed by atoms with Gasteiger partial charge in [-0.25, -0.2) is 0 Å². The summed E-state index contributed by atoms with van der Waals surface area (Å²) in [6.45, 7) is 5.95. The zero-order valence-electron chi connectivity index (χ0n) is 8.07. The first-order valence-corrected chi connectivity index (χ1v) is 4.32. The van der Waals surface area contributed by atoms with Crippen LogP contribution < -0.4 is 0 Å². The Morgan fingerprint density at radius 3 is 2.08 bits per heavy atom. The molecule has 0 aliphatic heterocycles. The molecule has 0 amide bonds. The molecular weight excluding hydrogens is 148 g/mol. The van der Waals surface area contributed by atoms with Gasteiger partial charge in [0.1, 0.15) is 0 Å². The van der Waals surface area contributed by atoms with E-state index in [9.17, 15) is 5.11 Å². The lowest BCUT2D eigenvalue weighted by molar-refractivity contribution is 0.172. The molecule has 1 N–H and O–H groups in total. The smallest absolute Gasteiger partial charge is 0.0746 e. The van der Waals surface area contributed by atoms with Gasteiger partial charge in [-0.2, -0.15) is 0 Å². The lowest BCUT2D eigenvalue weighted by atomic mass is 10.1. The molecule has 0 aromatic carbocycles. The molecule has 0 radical (unpaired) electrons. The Bertz CT molecular complexity index is 175. The van der Waals surface area contributed by atoms with Crippen molar-refractivity contribution in [2.24, 2.45) is 5.92 Å². The van der Waals surface area contributed by atoms with E-state index in [1.807, 2.05) is 51.2 Å². The lowest BCUT2D eigenvalue weighted by Gasteiger charge is -2.07. The number of aliphatic hydroxyl groups is 1. The fourth-order valence-electron chi connectivity index (χ4n) is 0.640. The minimum Gasteiger partial charge on any atom is -0.389 e. The van der Waals surface area contributed by atoms with Crippen molar-refractivity contribution in [3.05, 3.63) is 36.5 Å². The Morgan fingerprint density at radius 1 is 1.00 bits per heavy atom. The van der Waals surface area contributed by atoms with E-state index in [-0.39, 0.29) is 12.0 Å². The van der Waals surface area contributed by atoms with Crippen molar-refractivity contribution in [2.75, 3.05) is 0 Å². The van der Waals surface area contributed by atoms with Crippen LogP contribution in [-0.2, 0) is 0 Å². The summed E-state index contributed by atoms with van der Waals surface area (Å²) in [4.78, 5) is 0. The van der Waals surface area contributed by atoms with Crippen molar-refractivity contribution in [1.82, 2.24) is 0 Å². The summed E-state index contributed by atoms with van der Waals surface area (Å²) in [7, 11) is 0. The Balaban J connectivity index is 3.75. The molecule has 0 aliphatic carbocycles. The van der Waals surface area contributed by atoms with Gasteiger partial charge in [0.25, 0.3) is 0 Å². The maximum absolute atomic E-state index is 9.34. The van der Waals surface area contributed by atoms with E-state index in [1.54, 1.807) is 6.08 Å². The minimum absolute atomic E-state index is 0.288. The molecule has 1 nitrogen and oxygen atoms in total. The molecular formula is C11H18O. The first kappa shape index (κ1) is 11.2. The van der Waals surface area contributed by atoms with Crippen LogP contribution in [0.1, 0.15) is 20.8 Å². The van der Waals surface area contributed by atoms with Gasteiger partial charge in [0.05, 0.1) is 6.10 Å². The van der Waals surface area contributed by atoms with Crippen molar-refractivity contribution in [2.45, 2.75) is 26.9 Å². The second-order valence-electron chi connectivity index (χ2n) is 3.03. The van der Waals surface area contributed by atoms with Crippen LogP contribution >= 0.6 is 0 Å². The van der Waals surface area contributed by atoms with Crippen LogP contribution in [0.25, 0.3) is 0 Å². The SMILES string of the molecule is C\C=C/C=C\C=C\C(O)C(C)C. The molecule has 0 aliphatic rings. The monoisotopic (exact) mass is 166 g/mol. The molecule has 0 aromatic heterocycles. The van der Waals surface area contributed by atoms with Crippen molar-refractivity contribution in [3.63, 3.8) is 0 Å². The van der Waals surface area contributed by atoms with Gasteiger partial charge in [0.15, 0.2) is 0 Å². The maximum Gasteiger partial charge on any atom is 0.0746 e. The van der Waals surface area contributed by atoms with Crippen LogP contribution in [0.3, 0.4) is 0 Å². The second kappa shape index (κ2) is 6.86. The zero-order chi connectivity index (χ0) is 9.40. The van der Waals surface area contributed by atoms with Crippen molar-refractivity contribution in [3.8, 4) is 0 Å². The summed E-state index contributed by atoms with van der Waals surface area (Å²) < 4.78 is 0. The number of hydrogen-bond donors (Lipinski definition) is 1. The van der Waals surface area contributed by atoms with E-state index >= 15 is 0 Å². The van der Waals surface area contributed by atoms with E-state index in [0.717, 1.165) is 0 Å². The fourth-order valence-corrected chi connectivity index (χ4v) is 0.640. The van der Waals surface area contributed by atoms with Gasteiger partial charge in [-0.1, -0.05) is 50.3 Å². The highest BCUT2D eigenvalue weighted by molar-refractivity contribution is 5.11. The van der Waals surface area contributed by atoms with Crippen molar-refractivity contribution in [1.29, 1.82) is 0 Å². The number of hydrogen-bond acceptors (Lipinski definition) is 1. The summed E-state index contributed by atoms with van der Waals surface area (Å²) in [6.07, 6.45) is 11.1. The quantitative estimate of drug-likeness (QED) is 0.637. The minimum atomic E-state index is -0.333. The van der Waals surface area contributed by atoms with E-state index in [4.69, 9.17) is 0 Å². The molecule has 0 spiro atoms. The molecule has 0 fully saturated rings. The molecule has 0 heterocycles. The molecule has 0 saturated carbocycles. The molecule has 68 valence electrons. The summed E-state index contributed by atoms with van der Waals surface area (Å²) in [5.41, 5.74) is 0. The van der Waals surface area contributed by atoms with Crippen LogP contribution in [0.4, 0.5) is 0 Å². The van der Waals surface area contributed by atoms with Crippen molar-refractivity contribution >= 4 is 0 Å². The van der Waals surface area contributed by atoms with Crippen molar-refractivity contribution < 1.29 is 5.11 Å². The Morgan fingerprint density at radius 2 is 1.58 bits per heavy atom. The summed E-state index contributed by atoms with van der Waals surface area (Å²) in [6, 6.07) is 0.